The smallest absolute Gasteiger partial charge is 0.274 e. The number of nitrogens with zero attached hydrogens (tertiary/aromatic N) is 2. The first-order valence-electron chi connectivity index (χ1n) is 10.3. The number of para-hydroxylation sites is 1. The Balaban J connectivity index is 1.88. The van der Waals surface area contributed by atoms with E-state index >= 15 is 0 Å². The minimum atomic E-state index is -0.809. The van der Waals surface area contributed by atoms with Crippen LogP contribution in [0, 0.1) is 5.92 Å². The second-order valence-corrected chi connectivity index (χ2v) is 7.71. The van der Waals surface area contributed by atoms with Gasteiger partial charge in [-0.2, -0.15) is 0 Å². The van der Waals surface area contributed by atoms with Gasteiger partial charge in [-0.3, -0.25) is 14.5 Å². The highest BCUT2D eigenvalue weighted by molar-refractivity contribution is 6.25. The van der Waals surface area contributed by atoms with Crippen molar-refractivity contribution in [1.29, 1.82) is 0 Å². The number of unbranched alkanes of at least 4 members (excludes halogenated alkanes) is 1. The minimum absolute atomic E-state index is 0.175. The van der Waals surface area contributed by atoms with Crippen molar-refractivity contribution >= 4 is 23.5 Å². The van der Waals surface area contributed by atoms with Crippen LogP contribution in [0.5, 0.6) is 0 Å². The molecule has 1 unspecified atom stereocenters. The zero-order chi connectivity index (χ0) is 20.8. The monoisotopic (exact) mass is 392 g/mol. The molecule has 4 amide bonds. The molecule has 2 aromatic rings. The van der Waals surface area contributed by atoms with E-state index in [-0.39, 0.29) is 24.2 Å². The van der Waals surface area contributed by atoms with E-state index in [1.165, 1.54) is 4.90 Å². The molecule has 2 aromatic carbocycles. The van der Waals surface area contributed by atoms with Gasteiger partial charge in [0.1, 0.15) is 6.04 Å². The van der Waals surface area contributed by atoms with Crippen molar-refractivity contribution in [2.75, 3.05) is 4.90 Å². The average Bonchev–Trinajstić information content (AvgIpc) is 2.97. The Morgan fingerprint density at radius 3 is 2.24 bits per heavy atom. The summed E-state index contributed by atoms with van der Waals surface area (Å²) in [5, 5.41) is 0. The van der Waals surface area contributed by atoms with Gasteiger partial charge in [-0.15, -0.1) is 0 Å². The molecule has 3 rings (SSSR count). The van der Waals surface area contributed by atoms with Gasteiger partial charge >= 0.3 is 6.03 Å². The van der Waals surface area contributed by atoms with E-state index in [4.69, 9.17) is 0 Å². The van der Waals surface area contributed by atoms with Crippen molar-refractivity contribution in [2.24, 2.45) is 5.92 Å². The van der Waals surface area contributed by atoms with Crippen LogP contribution in [0.25, 0.3) is 0 Å². The number of anilines is 1. The maximum atomic E-state index is 13.2. The molecule has 0 radical (unpaired) electrons. The molecule has 1 fully saturated rings. The number of hydrogen-bond acceptors (Lipinski definition) is 3. The molecule has 2 atom stereocenters. The highest BCUT2D eigenvalue weighted by atomic mass is 16.2. The number of rotatable bonds is 8. The third-order valence-corrected chi connectivity index (χ3v) is 5.34. The van der Waals surface area contributed by atoms with E-state index in [1.807, 2.05) is 43.3 Å². The molecule has 0 aromatic heterocycles. The lowest BCUT2D eigenvalue weighted by molar-refractivity contribution is -0.133. The van der Waals surface area contributed by atoms with Gasteiger partial charge < -0.3 is 0 Å². The first-order chi connectivity index (χ1) is 14.0. The van der Waals surface area contributed by atoms with Gasteiger partial charge in [-0.25, -0.2) is 9.69 Å². The first kappa shape index (κ1) is 20.8. The lowest BCUT2D eigenvalue weighted by atomic mass is 9.99. The summed E-state index contributed by atoms with van der Waals surface area (Å²) in [6, 6.07) is 17.0. The number of urea groups is 1. The van der Waals surface area contributed by atoms with Crippen LogP contribution in [0.3, 0.4) is 0 Å². The molecular formula is C24H28N2O3. The molecular weight excluding hydrogens is 364 g/mol. The van der Waals surface area contributed by atoms with E-state index in [9.17, 15) is 14.4 Å². The number of hydrogen-bond donors (Lipinski definition) is 0. The maximum absolute atomic E-state index is 13.2. The molecule has 29 heavy (non-hydrogen) atoms. The molecule has 0 aliphatic carbocycles. The van der Waals surface area contributed by atoms with Gasteiger partial charge in [0.2, 0.25) is 5.91 Å². The highest BCUT2D eigenvalue weighted by Gasteiger charge is 2.48. The SMILES string of the molecule is CCCCC(C)CC(=O)N1C(=O)N(c2ccccc2)C(=O)[C@@H]1Cc1ccccc1. The Labute approximate surface area is 172 Å². The quantitative estimate of drug-likeness (QED) is 0.606. The molecule has 1 saturated heterocycles. The number of amides is 4. The standard InChI is InChI=1S/C24H28N2O3/c1-3-4-11-18(2)16-22(27)26-21(17-19-12-7-5-8-13-19)23(28)25(24(26)29)20-14-9-6-10-15-20/h5-10,12-15,18,21H,3-4,11,16-17H2,1-2H3/t18?,21-/m0/s1. The van der Waals surface area contributed by atoms with Crippen molar-refractivity contribution < 1.29 is 14.4 Å². The van der Waals surface area contributed by atoms with Crippen LogP contribution in [0.4, 0.5) is 10.5 Å². The van der Waals surface area contributed by atoms with Crippen LogP contribution >= 0.6 is 0 Å². The zero-order valence-electron chi connectivity index (χ0n) is 17.1. The predicted octanol–water partition coefficient (Wildman–Crippen LogP) is 4.81. The Morgan fingerprint density at radius 1 is 1.00 bits per heavy atom. The van der Waals surface area contributed by atoms with Gasteiger partial charge in [0.15, 0.2) is 0 Å². The van der Waals surface area contributed by atoms with Crippen molar-refractivity contribution in [2.45, 2.75) is 52.0 Å². The summed E-state index contributed by atoms with van der Waals surface area (Å²) in [4.78, 5) is 41.8. The molecule has 1 aliphatic rings. The third kappa shape index (κ3) is 4.73. The van der Waals surface area contributed by atoms with Crippen LogP contribution in [-0.4, -0.2) is 28.8 Å². The first-order valence-corrected chi connectivity index (χ1v) is 10.3. The lowest BCUT2D eigenvalue weighted by Crippen LogP contribution is -2.42. The molecule has 0 saturated carbocycles. The zero-order valence-corrected chi connectivity index (χ0v) is 17.1. The van der Waals surface area contributed by atoms with Crippen molar-refractivity contribution in [1.82, 2.24) is 4.90 Å². The van der Waals surface area contributed by atoms with Crippen LogP contribution in [0.2, 0.25) is 0 Å². The van der Waals surface area contributed by atoms with Crippen molar-refractivity contribution in [3.8, 4) is 0 Å². The fourth-order valence-electron chi connectivity index (χ4n) is 3.76. The Hall–Kier alpha value is -2.95. The van der Waals surface area contributed by atoms with E-state index < -0.39 is 12.1 Å². The van der Waals surface area contributed by atoms with Crippen LogP contribution < -0.4 is 4.90 Å². The number of imide groups is 2. The van der Waals surface area contributed by atoms with E-state index in [1.54, 1.807) is 24.3 Å². The molecule has 0 spiro atoms. The largest absolute Gasteiger partial charge is 0.338 e. The molecule has 1 aliphatic heterocycles. The van der Waals surface area contributed by atoms with Crippen molar-refractivity contribution in [3.05, 3.63) is 66.2 Å². The average molecular weight is 392 g/mol. The van der Waals surface area contributed by atoms with Gasteiger partial charge in [-0.1, -0.05) is 81.6 Å². The lowest BCUT2D eigenvalue weighted by Gasteiger charge is -2.22. The Bertz CT molecular complexity index is 851. The molecule has 1 heterocycles. The number of benzene rings is 2. The number of carbonyl (C=O) groups excluding carboxylic acids is 3. The molecule has 0 bridgehead atoms. The topological polar surface area (TPSA) is 57.7 Å². The summed E-state index contributed by atoms with van der Waals surface area (Å²) in [6.07, 6.45) is 3.64. The fraction of sp³-hybridized carbons (Fsp3) is 0.375. The van der Waals surface area contributed by atoms with E-state index in [2.05, 4.69) is 6.92 Å². The van der Waals surface area contributed by atoms with Crippen LogP contribution in [-0.2, 0) is 16.0 Å². The normalized spacial score (nSPS) is 17.7. The Kier molecular flexibility index (Phi) is 6.81. The summed E-state index contributed by atoms with van der Waals surface area (Å²) < 4.78 is 0. The highest BCUT2D eigenvalue weighted by Crippen LogP contribution is 2.28. The van der Waals surface area contributed by atoms with Gasteiger partial charge in [0, 0.05) is 12.8 Å². The second kappa shape index (κ2) is 9.50. The predicted molar refractivity (Wildman–Crippen MR) is 113 cm³/mol. The maximum Gasteiger partial charge on any atom is 0.338 e. The molecule has 0 N–H and O–H groups in total. The van der Waals surface area contributed by atoms with Crippen LogP contribution in [0.1, 0.15) is 45.1 Å². The molecule has 5 heteroatoms. The molecule has 152 valence electrons. The van der Waals surface area contributed by atoms with Crippen LogP contribution in [0.15, 0.2) is 60.7 Å². The fourth-order valence-corrected chi connectivity index (χ4v) is 3.76. The summed E-state index contributed by atoms with van der Waals surface area (Å²) >= 11 is 0. The van der Waals surface area contributed by atoms with Crippen molar-refractivity contribution in [3.63, 3.8) is 0 Å². The summed E-state index contributed by atoms with van der Waals surface area (Å²) in [7, 11) is 0. The van der Waals surface area contributed by atoms with E-state index in [0.717, 1.165) is 29.7 Å². The molecule has 5 nitrogen and oxygen atoms in total. The third-order valence-electron chi connectivity index (χ3n) is 5.34. The summed E-state index contributed by atoms with van der Waals surface area (Å²) in [5.74, 6) is -0.445. The van der Waals surface area contributed by atoms with E-state index in [0.29, 0.717) is 12.1 Å². The minimum Gasteiger partial charge on any atom is -0.274 e. The van der Waals surface area contributed by atoms with Gasteiger partial charge in [-0.05, 0) is 23.6 Å². The summed E-state index contributed by atoms with van der Waals surface area (Å²) in [5.41, 5.74) is 1.42. The van der Waals surface area contributed by atoms with Gasteiger partial charge in [0.05, 0.1) is 5.69 Å². The second-order valence-electron chi connectivity index (χ2n) is 7.71. The summed E-state index contributed by atoms with van der Waals surface area (Å²) in [6.45, 7) is 4.14. The number of carbonyl (C=O) groups is 3. The van der Waals surface area contributed by atoms with Gasteiger partial charge in [0.25, 0.3) is 5.91 Å². The Morgan fingerprint density at radius 2 is 1.62 bits per heavy atom.